The van der Waals surface area contributed by atoms with Crippen LogP contribution >= 0.6 is 11.6 Å². The molecular weight excluding hydrogens is 200 g/mol. The Hall–Kier alpha value is -1.61. The molecule has 14 heavy (non-hydrogen) atoms. The van der Waals surface area contributed by atoms with Crippen molar-refractivity contribution in [3.8, 4) is 5.69 Å². The van der Waals surface area contributed by atoms with Gasteiger partial charge in [-0.05, 0) is 18.2 Å². The highest BCUT2D eigenvalue weighted by Gasteiger charge is 2.03. The van der Waals surface area contributed by atoms with Crippen LogP contribution in [0.1, 0.15) is 10.4 Å². The second kappa shape index (κ2) is 3.64. The van der Waals surface area contributed by atoms with E-state index in [0.29, 0.717) is 10.6 Å². The number of halogens is 1. The average Bonchev–Trinajstić information content (AvgIpc) is 2.70. The highest BCUT2D eigenvalue weighted by Crippen LogP contribution is 2.18. The van der Waals surface area contributed by atoms with Crippen LogP contribution in [0.3, 0.4) is 0 Å². The smallest absolute Gasteiger partial charge is 0.152 e. The van der Waals surface area contributed by atoms with Gasteiger partial charge in [-0.1, -0.05) is 11.6 Å². The van der Waals surface area contributed by atoms with Crippen molar-refractivity contribution in [1.82, 2.24) is 9.55 Å². The normalized spacial score (nSPS) is 10.1. The minimum atomic E-state index is 0.590. The van der Waals surface area contributed by atoms with Crippen LogP contribution in [0.15, 0.2) is 36.9 Å². The van der Waals surface area contributed by atoms with Gasteiger partial charge in [-0.2, -0.15) is 0 Å². The second-order valence-corrected chi connectivity index (χ2v) is 3.23. The molecular formula is C10H7ClN2O. The lowest BCUT2D eigenvalue weighted by atomic mass is 10.2. The van der Waals surface area contributed by atoms with Crippen LogP contribution in [0.25, 0.3) is 5.69 Å². The number of nitrogens with zero attached hydrogens (tertiary/aromatic N) is 2. The van der Waals surface area contributed by atoms with Gasteiger partial charge in [0, 0.05) is 23.0 Å². The first-order chi connectivity index (χ1) is 6.81. The molecule has 0 N–H and O–H groups in total. The van der Waals surface area contributed by atoms with Crippen molar-refractivity contribution in [3.63, 3.8) is 0 Å². The standard InChI is InChI=1S/C10H7ClN2O/c11-9-2-1-8(6-14)10(5-9)13-4-3-12-7-13/h1-7H. The molecule has 0 aliphatic heterocycles. The minimum Gasteiger partial charge on any atom is -0.306 e. The van der Waals surface area contributed by atoms with E-state index >= 15 is 0 Å². The van der Waals surface area contributed by atoms with E-state index in [1.54, 1.807) is 41.5 Å². The van der Waals surface area contributed by atoms with E-state index in [9.17, 15) is 4.79 Å². The van der Waals surface area contributed by atoms with Crippen LogP contribution in [0.4, 0.5) is 0 Å². The maximum absolute atomic E-state index is 10.8. The molecule has 0 spiro atoms. The fourth-order valence-corrected chi connectivity index (χ4v) is 1.41. The Morgan fingerprint density at radius 1 is 1.43 bits per heavy atom. The first-order valence-electron chi connectivity index (χ1n) is 4.04. The van der Waals surface area contributed by atoms with Gasteiger partial charge in [0.25, 0.3) is 0 Å². The van der Waals surface area contributed by atoms with Crippen molar-refractivity contribution in [2.75, 3.05) is 0 Å². The predicted octanol–water partition coefficient (Wildman–Crippen LogP) is 2.34. The van der Waals surface area contributed by atoms with Gasteiger partial charge in [0.05, 0.1) is 12.0 Å². The predicted molar refractivity (Wildman–Crippen MR) is 54.0 cm³/mol. The number of imidazole rings is 1. The highest BCUT2D eigenvalue weighted by molar-refractivity contribution is 6.30. The summed E-state index contributed by atoms with van der Waals surface area (Å²) in [6.45, 7) is 0. The average molecular weight is 207 g/mol. The summed E-state index contributed by atoms with van der Waals surface area (Å²) in [5.41, 5.74) is 1.33. The minimum absolute atomic E-state index is 0.590. The molecule has 0 unspecified atom stereocenters. The molecule has 0 atom stereocenters. The summed E-state index contributed by atoms with van der Waals surface area (Å²) in [7, 11) is 0. The maximum atomic E-state index is 10.8. The van der Waals surface area contributed by atoms with Crippen molar-refractivity contribution in [1.29, 1.82) is 0 Å². The summed E-state index contributed by atoms with van der Waals surface area (Å²) < 4.78 is 1.75. The van der Waals surface area contributed by atoms with Crippen LogP contribution in [0, 0.1) is 0 Å². The number of hydrogen-bond donors (Lipinski definition) is 0. The number of rotatable bonds is 2. The van der Waals surface area contributed by atoms with Gasteiger partial charge in [-0.3, -0.25) is 4.79 Å². The zero-order valence-electron chi connectivity index (χ0n) is 7.22. The molecule has 0 aliphatic rings. The van der Waals surface area contributed by atoms with E-state index in [1.165, 1.54) is 0 Å². The third-order valence-corrected chi connectivity index (χ3v) is 2.14. The summed E-state index contributed by atoms with van der Waals surface area (Å²) in [5, 5.41) is 0.597. The molecule has 4 heteroatoms. The Bertz CT molecular complexity index is 451. The molecule has 0 fully saturated rings. The third-order valence-electron chi connectivity index (χ3n) is 1.90. The molecule has 0 aliphatic carbocycles. The lowest BCUT2D eigenvalue weighted by Crippen LogP contribution is -1.95. The summed E-state index contributed by atoms with van der Waals surface area (Å²) in [6, 6.07) is 5.10. The second-order valence-electron chi connectivity index (χ2n) is 2.79. The van der Waals surface area contributed by atoms with Crippen LogP contribution in [0.2, 0.25) is 5.02 Å². The highest BCUT2D eigenvalue weighted by atomic mass is 35.5. The quantitative estimate of drug-likeness (QED) is 0.707. The van der Waals surface area contributed by atoms with Gasteiger partial charge in [0.2, 0.25) is 0 Å². The summed E-state index contributed by atoms with van der Waals surface area (Å²) >= 11 is 5.84. The fraction of sp³-hybridized carbons (Fsp3) is 0. The van der Waals surface area contributed by atoms with E-state index in [1.807, 2.05) is 0 Å². The Morgan fingerprint density at radius 3 is 2.93 bits per heavy atom. The molecule has 0 amide bonds. The van der Waals surface area contributed by atoms with Gasteiger partial charge in [-0.25, -0.2) is 4.98 Å². The molecule has 0 saturated heterocycles. The van der Waals surface area contributed by atoms with Crippen molar-refractivity contribution >= 4 is 17.9 Å². The van der Waals surface area contributed by atoms with E-state index in [2.05, 4.69) is 4.98 Å². The SMILES string of the molecule is O=Cc1ccc(Cl)cc1-n1ccnc1. The van der Waals surface area contributed by atoms with E-state index in [-0.39, 0.29) is 0 Å². The van der Waals surface area contributed by atoms with E-state index in [0.717, 1.165) is 12.0 Å². The lowest BCUT2D eigenvalue weighted by molar-refractivity contribution is 0.112. The van der Waals surface area contributed by atoms with Gasteiger partial charge in [-0.15, -0.1) is 0 Å². The summed E-state index contributed by atoms with van der Waals surface area (Å²) in [4.78, 5) is 14.7. The largest absolute Gasteiger partial charge is 0.306 e. The Morgan fingerprint density at radius 2 is 2.29 bits per heavy atom. The zero-order valence-corrected chi connectivity index (χ0v) is 7.98. The number of hydrogen-bond acceptors (Lipinski definition) is 2. The molecule has 1 aromatic carbocycles. The fourth-order valence-electron chi connectivity index (χ4n) is 1.24. The van der Waals surface area contributed by atoms with Gasteiger partial charge in [0.15, 0.2) is 6.29 Å². The van der Waals surface area contributed by atoms with E-state index < -0.39 is 0 Å². The molecule has 3 nitrogen and oxygen atoms in total. The molecule has 70 valence electrons. The van der Waals surface area contributed by atoms with Crippen LogP contribution in [-0.2, 0) is 0 Å². The number of benzene rings is 1. The van der Waals surface area contributed by atoms with Crippen molar-refractivity contribution in [3.05, 3.63) is 47.5 Å². The molecule has 2 aromatic rings. The van der Waals surface area contributed by atoms with Crippen molar-refractivity contribution in [2.24, 2.45) is 0 Å². The number of carbonyl (C=O) groups excluding carboxylic acids is 1. The maximum Gasteiger partial charge on any atom is 0.152 e. The van der Waals surface area contributed by atoms with Gasteiger partial charge >= 0.3 is 0 Å². The number of aldehydes is 1. The Kier molecular flexibility index (Phi) is 2.33. The van der Waals surface area contributed by atoms with Crippen LogP contribution < -0.4 is 0 Å². The first-order valence-corrected chi connectivity index (χ1v) is 4.42. The zero-order chi connectivity index (χ0) is 9.97. The van der Waals surface area contributed by atoms with Gasteiger partial charge in [0.1, 0.15) is 0 Å². The van der Waals surface area contributed by atoms with E-state index in [4.69, 9.17) is 11.6 Å². The molecule has 1 heterocycles. The first kappa shape index (κ1) is 8.97. The Labute approximate surface area is 86.0 Å². The lowest BCUT2D eigenvalue weighted by Gasteiger charge is -2.05. The molecule has 0 bridgehead atoms. The van der Waals surface area contributed by atoms with Crippen molar-refractivity contribution < 1.29 is 4.79 Å². The monoisotopic (exact) mass is 206 g/mol. The van der Waals surface area contributed by atoms with Gasteiger partial charge < -0.3 is 4.57 Å². The van der Waals surface area contributed by atoms with Crippen LogP contribution in [0.5, 0.6) is 0 Å². The molecule has 0 saturated carbocycles. The van der Waals surface area contributed by atoms with Crippen molar-refractivity contribution in [2.45, 2.75) is 0 Å². The molecule has 1 aromatic heterocycles. The summed E-state index contributed by atoms with van der Waals surface area (Å²) in [6.07, 6.45) is 5.83. The number of carbonyl (C=O) groups is 1. The topological polar surface area (TPSA) is 34.9 Å². The third kappa shape index (κ3) is 1.54. The molecule has 2 rings (SSSR count). The Balaban J connectivity index is 2.61. The number of aromatic nitrogens is 2. The molecule has 0 radical (unpaired) electrons. The summed E-state index contributed by atoms with van der Waals surface area (Å²) in [5.74, 6) is 0. The van der Waals surface area contributed by atoms with Crippen LogP contribution in [-0.4, -0.2) is 15.8 Å².